The maximum Gasteiger partial charge on any atom is 0.337 e. The monoisotopic (exact) mass is 367 g/mol. The number of carbonyl (C=O) groups is 2. The number of carbonyl (C=O) groups excluding carboxylic acids is 1. The number of rotatable bonds is 6. The van der Waals surface area contributed by atoms with E-state index < -0.39 is 5.97 Å². The van der Waals surface area contributed by atoms with Crippen LogP contribution in [0, 0.1) is 0 Å². The lowest BCUT2D eigenvalue weighted by atomic mass is 10.2. The summed E-state index contributed by atoms with van der Waals surface area (Å²) in [5, 5.41) is 12.1. The van der Waals surface area contributed by atoms with Crippen molar-refractivity contribution in [1.29, 1.82) is 0 Å². The van der Waals surface area contributed by atoms with Gasteiger partial charge < -0.3 is 21.9 Å². The van der Waals surface area contributed by atoms with Gasteiger partial charge in [-0.3, -0.25) is 4.79 Å². The number of anilines is 3. The number of aromatic carboxylic acids is 1. The zero-order valence-electron chi connectivity index (χ0n) is 12.3. The van der Waals surface area contributed by atoms with Crippen LogP contribution in [0.3, 0.4) is 0 Å². The molecule has 126 valence electrons. The van der Waals surface area contributed by atoms with E-state index in [0.717, 1.165) is 0 Å². The number of nitrogens with one attached hydrogen (secondary N) is 1. The van der Waals surface area contributed by atoms with Crippen LogP contribution < -0.4 is 16.8 Å². The summed E-state index contributed by atoms with van der Waals surface area (Å²) >= 11 is 7.01. The first-order chi connectivity index (χ1) is 11.3. The van der Waals surface area contributed by atoms with Crippen molar-refractivity contribution in [3.8, 4) is 0 Å². The van der Waals surface area contributed by atoms with Crippen LogP contribution in [0.15, 0.2) is 29.4 Å². The van der Waals surface area contributed by atoms with Crippen molar-refractivity contribution < 1.29 is 14.7 Å². The Morgan fingerprint density at radius 2 is 1.88 bits per heavy atom. The van der Waals surface area contributed by atoms with E-state index in [4.69, 9.17) is 28.2 Å². The molecule has 1 aromatic carbocycles. The standard InChI is InChI=1S/C14H14ClN5O3S/c15-9-2-1-7(5-8(9)13(22)23)18-12(21)3-4-24-14-19-10(16)6-11(17)20-14/h1-2,5-6H,3-4H2,(H,18,21)(H,22,23)(H4,16,17,19,20). The van der Waals surface area contributed by atoms with Crippen LogP contribution in [0.4, 0.5) is 17.3 Å². The highest BCUT2D eigenvalue weighted by Gasteiger charge is 2.11. The maximum absolute atomic E-state index is 11.9. The van der Waals surface area contributed by atoms with Gasteiger partial charge in [0, 0.05) is 23.9 Å². The summed E-state index contributed by atoms with van der Waals surface area (Å²) in [6.45, 7) is 0. The number of carboxylic acids is 1. The topological polar surface area (TPSA) is 144 Å². The van der Waals surface area contributed by atoms with Gasteiger partial charge >= 0.3 is 5.97 Å². The van der Waals surface area contributed by atoms with Gasteiger partial charge in [-0.2, -0.15) is 0 Å². The first-order valence-corrected chi connectivity index (χ1v) is 8.07. The minimum absolute atomic E-state index is 0.0764. The molecule has 1 aromatic heterocycles. The number of hydrogen-bond acceptors (Lipinski definition) is 7. The van der Waals surface area contributed by atoms with E-state index in [2.05, 4.69) is 15.3 Å². The Bertz CT molecular complexity index is 767. The molecule has 1 heterocycles. The first kappa shape index (κ1) is 17.8. The average molecular weight is 368 g/mol. The maximum atomic E-state index is 11.9. The Kier molecular flexibility index (Phi) is 5.83. The fourth-order valence-electron chi connectivity index (χ4n) is 1.75. The number of aromatic nitrogens is 2. The summed E-state index contributed by atoms with van der Waals surface area (Å²) in [6, 6.07) is 5.69. The quantitative estimate of drug-likeness (QED) is 0.448. The average Bonchev–Trinajstić information content (AvgIpc) is 2.48. The van der Waals surface area contributed by atoms with Crippen LogP contribution in [0.2, 0.25) is 5.02 Å². The number of nitrogens with zero attached hydrogens (tertiary/aromatic N) is 2. The smallest absolute Gasteiger partial charge is 0.337 e. The van der Waals surface area contributed by atoms with Gasteiger partial charge in [0.2, 0.25) is 5.91 Å². The van der Waals surface area contributed by atoms with Gasteiger partial charge in [0.25, 0.3) is 0 Å². The molecule has 0 radical (unpaired) electrons. The van der Waals surface area contributed by atoms with E-state index in [-0.39, 0.29) is 34.5 Å². The van der Waals surface area contributed by atoms with Crippen molar-refractivity contribution >= 4 is 52.6 Å². The third kappa shape index (κ3) is 5.00. The molecule has 0 aliphatic heterocycles. The van der Waals surface area contributed by atoms with Gasteiger partial charge in [0.15, 0.2) is 5.16 Å². The summed E-state index contributed by atoms with van der Waals surface area (Å²) in [7, 11) is 0. The molecule has 24 heavy (non-hydrogen) atoms. The van der Waals surface area contributed by atoms with E-state index in [1.165, 1.54) is 36.0 Å². The van der Waals surface area contributed by atoms with Crippen molar-refractivity contribution in [3.63, 3.8) is 0 Å². The van der Waals surface area contributed by atoms with Gasteiger partial charge in [0.1, 0.15) is 11.6 Å². The van der Waals surface area contributed by atoms with E-state index >= 15 is 0 Å². The number of benzene rings is 1. The molecule has 0 spiro atoms. The Morgan fingerprint density at radius 1 is 1.21 bits per heavy atom. The minimum atomic E-state index is -1.16. The van der Waals surface area contributed by atoms with Crippen molar-refractivity contribution in [2.24, 2.45) is 0 Å². The molecule has 0 saturated heterocycles. The Balaban J connectivity index is 1.89. The zero-order valence-corrected chi connectivity index (χ0v) is 13.9. The molecule has 2 rings (SSSR count). The van der Waals surface area contributed by atoms with Crippen LogP contribution in [-0.4, -0.2) is 32.7 Å². The predicted molar refractivity (Wildman–Crippen MR) is 93.2 cm³/mol. The highest BCUT2D eigenvalue weighted by atomic mass is 35.5. The van der Waals surface area contributed by atoms with Gasteiger partial charge in [-0.25, -0.2) is 14.8 Å². The molecule has 0 unspecified atom stereocenters. The number of hydrogen-bond donors (Lipinski definition) is 4. The molecule has 0 fully saturated rings. The first-order valence-electron chi connectivity index (χ1n) is 6.70. The molecule has 6 N–H and O–H groups in total. The van der Waals surface area contributed by atoms with Crippen LogP contribution in [-0.2, 0) is 4.79 Å². The molecular formula is C14H14ClN5O3S. The van der Waals surface area contributed by atoms with E-state index in [9.17, 15) is 9.59 Å². The van der Waals surface area contributed by atoms with Gasteiger partial charge in [0.05, 0.1) is 10.6 Å². The molecule has 8 nitrogen and oxygen atoms in total. The molecule has 1 amide bonds. The lowest BCUT2D eigenvalue weighted by molar-refractivity contribution is -0.115. The summed E-state index contributed by atoms with van der Waals surface area (Å²) < 4.78 is 0. The van der Waals surface area contributed by atoms with E-state index in [1.807, 2.05) is 0 Å². The second kappa shape index (κ2) is 7.84. The number of nitrogens with two attached hydrogens (primary N) is 2. The number of halogens is 1. The highest BCUT2D eigenvalue weighted by Crippen LogP contribution is 2.21. The van der Waals surface area contributed by atoms with Crippen molar-refractivity contribution in [2.45, 2.75) is 11.6 Å². The summed E-state index contributed by atoms with van der Waals surface area (Å²) in [4.78, 5) is 30.9. The lowest BCUT2D eigenvalue weighted by Gasteiger charge is -2.07. The van der Waals surface area contributed by atoms with Gasteiger partial charge in [-0.15, -0.1) is 0 Å². The number of nitrogen functional groups attached to an aromatic ring is 2. The molecule has 2 aromatic rings. The molecule has 0 aliphatic rings. The summed E-state index contributed by atoms with van der Waals surface area (Å²) in [5.41, 5.74) is 11.4. The number of amides is 1. The van der Waals surface area contributed by atoms with Gasteiger partial charge in [-0.05, 0) is 18.2 Å². The van der Waals surface area contributed by atoms with Crippen molar-refractivity contribution in [2.75, 3.05) is 22.5 Å². The van der Waals surface area contributed by atoms with Crippen LogP contribution in [0.1, 0.15) is 16.8 Å². The van der Waals surface area contributed by atoms with Crippen molar-refractivity contribution in [3.05, 3.63) is 34.9 Å². The molecule has 10 heteroatoms. The fourth-order valence-corrected chi connectivity index (χ4v) is 2.76. The summed E-state index contributed by atoms with van der Waals surface area (Å²) in [5.74, 6) is -0.511. The van der Waals surface area contributed by atoms with Crippen LogP contribution in [0.5, 0.6) is 0 Å². The third-order valence-electron chi connectivity index (χ3n) is 2.79. The third-order valence-corrected chi connectivity index (χ3v) is 3.96. The SMILES string of the molecule is Nc1cc(N)nc(SCCC(=O)Nc2ccc(Cl)c(C(=O)O)c2)n1. The van der Waals surface area contributed by atoms with Gasteiger partial charge in [-0.1, -0.05) is 23.4 Å². The normalized spacial score (nSPS) is 10.4. The van der Waals surface area contributed by atoms with Crippen LogP contribution in [0.25, 0.3) is 0 Å². The Labute approximate surface area is 146 Å². The Hall–Kier alpha value is -2.52. The highest BCUT2D eigenvalue weighted by molar-refractivity contribution is 7.99. The summed E-state index contributed by atoms with van der Waals surface area (Å²) in [6.07, 6.45) is 0.174. The van der Waals surface area contributed by atoms with Crippen LogP contribution >= 0.6 is 23.4 Å². The largest absolute Gasteiger partial charge is 0.478 e. The predicted octanol–water partition coefficient (Wildman–Crippen LogP) is 2.11. The fraction of sp³-hybridized carbons (Fsp3) is 0.143. The lowest BCUT2D eigenvalue weighted by Crippen LogP contribution is -2.13. The molecule has 0 bridgehead atoms. The Morgan fingerprint density at radius 3 is 2.50 bits per heavy atom. The zero-order chi connectivity index (χ0) is 17.7. The molecule has 0 saturated carbocycles. The van der Waals surface area contributed by atoms with E-state index in [1.54, 1.807) is 0 Å². The van der Waals surface area contributed by atoms with Crippen molar-refractivity contribution in [1.82, 2.24) is 9.97 Å². The second-order valence-electron chi connectivity index (χ2n) is 4.65. The number of thioether (sulfide) groups is 1. The molecule has 0 aliphatic carbocycles. The number of carboxylic acid groups (broad SMARTS) is 1. The minimum Gasteiger partial charge on any atom is -0.478 e. The molecule has 0 atom stereocenters. The second-order valence-corrected chi connectivity index (χ2v) is 6.12. The van der Waals surface area contributed by atoms with E-state index in [0.29, 0.717) is 16.6 Å². The molecular weight excluding hydrogens is 354 g/mol.